The van der Waals surface area contributed by atoms with E-state index in [-0.39, 0.29) is 5.78 Å². The number of benzene rings is 1. The highest BCUT2D eigenvalue weighted by molar-refractivity contribution is 6.40. The molecule has 0 aromatic heterocycles. The second-order valence-corrected chi connectivity index (χ2v) is 4.50. The summed E-state index contributed by atoms with van der Waals surface area (Å²) in [5.41, 5.74) is 5.49. The van der Waals surface area contributed by atoms with Crippen molar-refractivity contribution < 1.29 is 9.53 Å². The second kappa shape index (κ2) is 5.67. The van der Waals surface area contributed by atoms with Crippen molar-refractivity contribution in [3.8, 4) is 5.75 Å². The maximum Gasteiger partial charge on any atom is 0.178 e. The van der Waals surface area contributed by atoms with Gasteiger partial charge < -0.3 is 4.74 Å². The zero-order valence-electron chi connectivity index (χ0n) is 10.8. The molecule has 0 unspecified atom stereocenters. The normalized spacial score (nSPS) is 17.9. The molecular formula is C14H18N2O2. The van der Waals surface area contributed by atoms with E-state index in [0.717, 1.165) is 36.3 Å². The summed E-state index contributed by atoms with van der Waals surface area (Å²) in [6.07, 6.45) is 3.40. The molecule has 0 saturated heterocycles. The second-order valence-electron chi connectivity index (χ2n) is 4.50. The maximum absolute atomic E-state index is 11.6. The summed E-state index contributed by atoms with van der Waals surface area (Å²) in [5, 5.41) is 4.21. The molecule has 0 bridgehead atoms. The maximum atomic E-state index is 11.6. The summed E-state index contributed by atoms with van der Waals surface area (Å²) in [6, 6.07) is 5.82. The third kappa shape index (κ3) is 2.88. The van der Waals surface area contributed by atoms with Crippen molar-refractivity contribution >= 4 is 17.2 Å². The van der Waals surface area contributed by atoms with Crippen LogP contribution in [0.25, 0.3) is 0 Å². The van der Waals surface area contributed by atoms with Gasteiger partial charge in [0.15, 0.2) is 5.78 Å². The largest absolute Gasteiger partial charge is 0.495 e. The van der Waals surface area contributed by atoms with E-state index in [1.807, 2.05) is 25.1 Å². The lowest BCUT2D eigenvalue weighted by atomic mass is 9.97. The fraction of sp³-hybridized carbons (Fsp3) is 0.429. The van der Waals surface area contributed by atoms with Gasteiger partial charge in [-0.15, -0.1) is 0 Å². The SMILES string of the molecule is COc1cc(C)ccc1N/N=C1\CCCCC1=O. The van der Waals surface area contributed by atoms with Crippen molar-refractivity contribution in [2.45, 2.75) is 32.6 Å². The van der Waals surface area contributed by atoms with Crippen molar-refractivity contribution in [3.63, 3.8) is 0 Å². The van der Waals surface area contributed by atoms with E-state index in [2.05, 4.69) is 10.5 Å². The molecule has 0 radical (unpaired) electrons. The monoisotopic (exact) mass is 246 g/mol. The topological polar surface area (TPSA) is 50.7 Å². The molecule has 4 nitrogen and oxygen atoms in total. The van der Waals surface area contributed by atoms with Gasteiger partial charge in [0.05, 0.1) is 12.8 Å². The number of methoxy groups -OCH3 is 1. The minimum atomic E-state index is 0.153. The molecule has 0 heterocycles. The molecule has 1 N–H and O–H groups in total. The molecule has 4 heteroatoms. The van der Waals surface area contributed by atoms with Crippen LogP contribution in [0.5, 0.6) is 5.75 Å². The van der Waals surface area contributed by atoms with Crippen molar-refractivity contribution in [1.29, 1.82) is 0 Å². The molecule has 0 amide bonds. The summed E-state index contributed by atoms with van der Waals surface area (Å²) < 4.78 is 5.28. The number of Topliss-reactive ketones (excluding diaryl/α,β-unsaturated/α-hetero) is 1. The quantitative estimate of drug-likeness (QED) is 0.834. The summed E-state index contributed by atoms with van der Waals surface area (Å²) in [4.78, 5) is 11.6. The smallest absolute Gasteiger partial charge is 0.178 e. The lowest BCUT2D eigenvalue weighted by Crippen LogP contribution is -2.19. The van der Waals surface area contributed by atoms with Gasteiger partial charge in [-0.05, 0) is 43.9 Å². The third-order valence-electron chi connectivity index (χ3n) is 3.06. The Hall–Kier alpha value is -1.84. The van der Waals surface area contributed by atoms with Gasteiger partial charge in [0, 0.05) is 6.42 Å². The predicted molar refractivity (Wildman–Crippen MR) is 72.3 cm³/mol. The number of carbonyl (C=O) groups is 1. The minimum absolute atomic E-state index is 0.153. The van der Waals surface area contributed by atoms with Crippen LogP contribution in [-0.2, 0) is 4.79 Å². The van der Waals surface area contributed by atoms with Gasteiger partial charge in [0.25, 0.3) is 0 Å². The molecule has 0 atom stereocenters. The minimum Gasteiger partial charge on any atom is -0.495 e. The number of ketones is 1. The average molecular weight is 246 g/mol. The van der Waals surface area contributed by atoms with Gasteiger partial charge in [-0.25, -0.2) is 0 Å². The number of nitrogens with zero attached hydrogens (tertiary/aromatic N) is 1. The first-order valence-corrected chi connectivity index (χ1v) is 6.21. The Morgan fingerprint density at radius 2 is 2.06 bits per heavy atom. The summed E-state index contributed by atoms with van der Waals surface area (Å²) in [6.45, 7) is 2.00. The molecule has 1 aromatic carbocycles. The van der Waals surface area contributed by atoms with Crippen LogP contribution in [0.15, 0.2) is 23.3 Å². The third-order valence-corrected chi connectivity index (χ3v) is 3.06. The number of aryl methyl sites for hydroxylation is 1. The molecule has 1 fully saturated rings. The Balaban J connectivity index is 2.14. The van der Waals surface area contributed by atoms with E-state index >= 15 is 0 Å². The van der Waals surface area contributed by atoms with Crippen LogP contribution in [0.3, 0.4) is 0 Å². The average Bonchev–Trinajstić information content (AvgIpc) is 2.39. The fourth-order valence-electron chi connectivity index (χ4n) is 2.00. The molecule has 0 aliphatic heterocycles. The van der Waals surface area contributed by atoms with Crippen LogP contribution < -0.4 is 10.2 Å². The van der Waals surface area contributed by atoms with E-state index in [1.165, 1.54) is 0 Å². The Labute approximate surface area is 107 Å². The zero-order chi connectivity index (χ0) is 13.0. The molecule has 96 valence electrons. The molecule has 1 aromatic rings. The molecule has 1 aliphatic rings. The van der Waals surface area contributed by atoms with Gasteiger partial charge in [-0.1, -0.05) is 6.07 Å². The van der Waals surface area contributed by atoms with Crippen LogP contribution >= 0.6 is 0 Å². The molecule has 2 rings (SSSR count). The van der Waals surface area contributed by atoms with E-state index in [1.54, 1.807) is 7.11 Å². The number of ether oxygens (including phenoxy) is 1. The number of carbonyl (C=O) groups excluding carboxylic acids is 1. The lowest BCUT2D eigenvalue weighted by Gasteiger charge is -2.13. The van der Waals surface area contributed by atoms with Crippen LogP contribution in [0.1, 0.15) is 31.2 Å². The van der Waals surface area contributed by atoms with Crippen LogP contribution in [0, 0.1) is 6.92 Å². The molecule has 1 saturated carbocycles. The van der Waals surface area contributed by atoms with E-state index in [9.17, 15) is 4.79 Å². The zero-order valence-corrected chi connectivity index (χ0v) is 10.8. The van der Waals surface area contributed by atoms with Crippen molar-refractivity contribution in [1.82, 2.24) is 0 Å². The first-order valence-electron chi connectivity index (χ1n) is 6.21. The first-order chi connectivity index (χ1) is 8.70. The number of hydrogen-bond donors (Lipinski definition) is 1. The van der Waals surface area contributed by atoms with Crippen LogP contribution in [0.2, 0.25) is 0 Å². The fourth-order valence-corrected chi connectivity index (χ4v) is 2.00. The molecule has 1 aliphatic carbocycles. The first kappa shape index (κ1) is 12.6. The predicted octanol–water partition coefficient (Wildman–Crippen LogP) is 2.91. The number of hydrazone groups is 1. The summed E-state index contributed by atoms with van der Waals surface area (Å²) in [5.74, 6) is 0.891. The number of nitrogens with one attached hydrogen (secondary N) is 1. The van der Waals surface area contributed by atoms with Crippen molar-refractivity contribution in [2.24, 2.45) is 5.10 Å². The van der Waals surface area contributed by atoms with Gasteiger partial charge in [-0.2, -0.15) is 5.10 Å². The van der Waals surface area contributed by atoms with Crippen molar-refractivity contribution in [2.75, 3.05) is 12.5 Å². The summed E-state index contributed by atoms with van der Waals surface area (Å²) >= 11 is 0. The Morgan fingerprint density at radius 1 is 1.28 bits per heavy atom. The Kier molecular flexibility index (Phi) is 3.97. The highest BCUT2D eigenvalue weighted by Crippen LogP contribution is 2.25. The lowest BCUT2D eigenvalue weighted by molar-refractivity contribution is -0.113. The highest BCUT2D eigenvalue weighted by Gasteiger charge is 2.16. The Bertz CT molecular complexity index is 481. The van der Waals surface area contributed by atoms with Gasteiger partial charge in [0.1, 0.15) is 11.5 Å². The van der Waals surface area contributed by atoms with E-state index in [0.29, 0.717) is 12.1 Å². The molecular weight excluding hydrogens is 228 g/mol. The van der Waals surface area contributed by atoms with Crippen LogP contribution in [-0.4, -0.2) is 18.6 Å². The highest BCUT2D eigenvalue weighted by atomic mass is 16.5. The molecule has 18 heavy (non-hydrogen) atoms. The van der Waals surface area contributed by atoms with Crippen molar-refractivity contribution in [3.05, 3.63) is 23.8 Å². The number of hydrogen-bond acceptors (Lipinski definition) is 4. The van der Waals surface area contributed by atoms with E-state index < -0.39 is 0 Å². The summed E-state index contributed by atoms with van der Waals surface area (Å²) in [7, 11) is 1.62. The molecule has 0 spiro atoms. The van der Waals surface area contributed by atoms with E-state index in [4.69, 9.17) is 4.74 Å². The van der Waals surface area contributed by atoms with Gasteiger partial charge in [0.2, 0.25) is 0 Å². The van der Waals surface area contributed by atoms with Crippen LogP contribution in [0.4, 0.5) is 5.69 Å². The number of anilines is 1. The van der Waals surface area contributed by atoms with Gasteiger partial charge >= 0.3 is 0 Å². The number of rotatable bonds is 3. The Morgan fingerprint density at radius 3 is 2.78 bits per heavy atom. The standard InChI is InChI=1S/C14H18N2O2/c1-10-7-8-12(14(9-10)18-2)16-15-11-5-3-4-6-13(11)17/h7-9,16H,3-6H2,1-2H3/b15-11+. The van der Waals surface area contributed by atoms with Gasteiger partial charge in [-0.3, -0.25) is 10.2 Å².